The highest BCUT2D eigenvalue weighted by Crippen LogP contribution is 2.34. The summed E-state index contributed by atoms with van der Waals surface area (Å²) in [7, 11) is 0. The summed E-state index contributed by atoms with van der Waals surface area (Å²) in [5.41, 5.74) is -3.90. The number of aliphatic hydroxyl groups is 2. The highest BCUT2D eigenvalue weighted by Gasteiger charge is 2.49. The van der Waals surface area contributed by atoms with Gasteiger partial charge in [-0.25, -0.2) is 0 Å². The highest BCUT2D eigenvalue weighted by atomic mass is 19.4. The fraction of sp³-hybridized carbons (Fsp3) is 1.00. The molecule has 0 rings (SSSR count). The van der Waals surface area contributed by atoms with Crippen LogP contribution in [0.5, 0.6) is 0 Å². The Balaban J connectivity index is 4.21. The molecule has 0 aromatic carbocycles. The van der Waals surface area contributed by atoms with Gasteiger partial charge in [0.1, 0.15) is 0 Å². The van der Waals surface area contributed by atoms with Crippen molar-refractivity contribution in [1.82, 2.24) is 0 Å². The van der Waals surface area contributed by atoms with E-state index in [9.17, 15) is 13.2 Å². The van der Waals surface area contributed by atoms with Gasteiger partial charge in [-0.2, -0.15) is 13.2 Å². The summed E-state index contributed by atoms with van der Waals surface area (Å²) in [5, 5.41) is 18.1. The Kier molecular flexibility index (Phi) is 3.38. The third kappa shape index (κ3) is 4.47. The highest BCUT2D eigenvalue weighted by molar-refractivity contribution is 4.83. The molecule has 0 aliphatic rings. The van der Waals surface area contributed by atoms with Crippen molar-refractivity contribution in [2.45, 2.75) is 51.0 Å². The van der Waals surface area contributed by atoms with Crippen molar-refractivity contribution in [2.24, 2.45) is 0 Å². The van der Waals surface area contributed by atoms with Crippen molar-refractivity contribution in [2.75, 3.05) is 0 Å². The minimum absolute atomic E-state index is 0.0977. The van der Waals surface area contributed by atoms with E-state index in [1.54, 1.807) is 0 Å². The summed E-state index contributed by atoms with van der Waals surface area (Å²) in [5.74, 6) is 0. The van der Waals surface area contributed by atoms with Crippen LogP contribution in [0, 0.1) is 0 Å². The first kappa shape index (κ1) is 12.7. The second-order valence-corrected chi connectivity index (χ2v) is 4.08. The molecular formula is C8H15F3O2. The van der Waals surface area contributed by atoms with Crippen molar-refractivity contribution in [3.8, 4) is 0 Å². The molecule has 0 aliphatic heterocycles. The van der Waals surface area contributed by atoms with Gasteiger partial charge in [0.15, 0.2) is 5.60 Å². The van der Waals surface area contributed by atoms with E-state index in [-0.39, 0.29) is 6.42 Å². The van der Waals surface area contributed by atoms with E-state index in [0.29, 0.717) is 6.92 Å². The first-order valence-corrected chi connectivity index (χ1v) is 3.97. The predicted molar refractivity (Wildman–Crippen MR) is 42.2 cm³/mol. The van der Waals surface area contributed by atoms with E-state index >= 15 is 0 Å². The van der Waals surface area contributed by atoms with Gasteiger partial charge in [-0.05, 0) is 33.6 Å². The van der Waals surface area contributed by atoms with Crippen molar-refractivity contribution in [3.05, 3.63) is 0 Å². The van der Waals surface area contributed by atoms with Gasteiger partial charge in [-0.1, -0.05) is 0 Å². The van der Waals surface area contributed by atoms with Crippen LogP contribution in [0.1, 0.15) is 33.6 Å². The van der Waals surface area contributed by atoms with E-state index < -0.39 is 23.8 Å². The first-order chi connectivity index (χ1) is 5.46. The molecule has 5 heteroatoms. The summed E-state index contributed by atoms with van der Waals surface area (Å²) < 4.78 is 36.2. The summed E-state index contributed by atoms with van der Waals surface area (Å²) in [6.45, 7) is 3.51. The van der Waals surface area contributed by atoms with Crippen LogP contribution in [0.2, 0.25) is 0 Å². The number of halogens is 3. The zero-order valence-electron chi connectivity index (χ0n) is 7.94. The van der Waals surface area contributed by atoms with Crippen LogP contribution in [0.15, 0.2) is 0 Å². The standard InChI is InChI=1S/C8H15F3O2/c1-6(2,12)4-5-7(3,13)8(9,10)11/h12-13H,4-5H2,1-3H3/t7-/m1/s1. The lowest BCUT2D eigenvalue weighted by atomic mass is 9.92. The normalized spacial score (nSPS) is 18.5. The third-order valence-electron chi connectivity index (χ3n) is 1.83. The Labute approximate surface area is 75.4 Å². The Morgan fingerprint density at radius 1 is 0.923 bits per heavy atom. The van der Waals surface area contributed by atoms with Crippen LogP contribution >= 0.6 is 0 Å². The van der Waals surface area contributed by atoms with E-state index in [4.69, 9.17) is 10.2 Å². The minimum Gasteiger partial charge on any atom is -0.390 e. The fourth-order valence-corrected chi connectivity index (χ4v) is 0.691. The van der Waals surface area contributed by atoms with E-state index in [1.165, 1.54) is 13.8 Å². The van der Waals surface area contributed by atoms with Crippen LogP contribution in [0.4, 0.5) is 13.2 Å². The molecule has 0 bridgehead atoms. The largest absolute Gasteiger partial charge is 0.416 e. The van der Waals surface area contributed by atoms with Crippen LogP contribution in [0.25, 0.3) is 0 Å². The molecule has 0 aromatic rings. The molecule has 0 aromatic heterocycles. The van der Waals surface area contributed by atoms with E-state index in [0.717, 1.165) is 0 Å². The molecule has 0 heterocycles. The molecule has 0 saturated carbocycles. The summed E-state index contributed by atoms with van der Waals surface area (Å²) >= 11 is 0. The summed E-state index contributed by atoms with van der Waals surface area (Å²) in [6.07, 6.45) is -5.24. The Morgan fingerprint density at radius 3 is 1.54 bits per heavy atom. The number of alkyl halides is 3. The second kappa shape index (κ2) is 3.46. The van der Waals surface area contributed by atoms with Crippen LogP contribution in [-0.2, 0) is 0 Å². The average molecular weight is 200 g/mol. The number of hydrogen-bond donors (Lipinski definition) is 2. The Bertz CT molecular complexity index is 167. The summed E-state index contributed by atoms with van der Waals surface area (Å²) in [4.78, 5) is 0. The van der Waals surface area contributed by atoms with Crippen LogP contribution < -0.4 is 0 Å². The minimum atomic E-state index is -4.64. The zero-order valence-corrected chi connectivity index (χ0v) is 7.94. The quantitative estimate of drug-likeness (QED) is 0.729. The number of rotatable bonds is 3. The predicted octanol–water partition coefficient (Wildman–Crippen LogP) is 1.85. The third-order valence-corrected chi connectivity index (χ3v) is 1.83. The molecule has 2 nitrogen and oxygen atoms in total. The molecule has 0 unspecified atom stereocenters. The van der Waals surface area contributed by atoms with Crippen molar-refractivity contribution in [1.29, 1.82) is 0 Å². The monoisotopic (exact) mass is 200 g/mol. The SMILES string of the molecule is CC(C)(O)CC[C@@](C)(O)C(F)(F)F. The molecule has 1 atom stereocenters. The Hall–Kier alpha value is -0.290. The molecule has 13 heavy (non-hydrogen) atoms. The molecule has 0 spiro atoms. The van der Waals surface area contributed by atoms with Gasteiger partial charge >= 0.3 is 6.18 Å². The number of hydrogen-bond acceptors (Lipinski definition) is 2. The molecule has 0 fully saturated rings. The van der Waals surface area contributed by atoms with Crippen molar-refractivity contribution in [3.63, 3.8) is 0 Å². The fourth-order valence-electron chi connectivity index (χ4n) is 0.691. The van der Waals surface area contributed by atoms with Gasteiger partial charge in [-0.3, -0.25) is 0 Å². The molecule has 0 aliphatic carbocycles. The van der Waals surface area contributed by atoms with E-state index in [1.807, 2.05) is 0 Å². The maximum atomic E-state index is 12.1. The smallest absolute Gasteiger partial charge is 0.390 e. The first-order valence-electron chi connectivity index (χ1n) is 3.97. The van der Waals surface area contributed by atoms with Gasteiger partial charge in [0.05, 0.1) is 5.60 Å². The molecule has 80 valence electrons. The second-order valence-electron chi connectivity index (χ2n) is 4.08. The lowest BCUT2D eigenvalue weighted by Gasteiger charge is -2.28. The average Bonchev–Trinajstić information content (AvgIpc) is 1.79. The van der Waals surface area contributed by atoms with Gasteiger partial charge in [0, 0.05) is 0 Å². The van der Waals surface area contributed by atoms with Crippen molar-refractivity contribution >= 4 is 0 Å². The van der Waals surface area contributed by atoms with Gasteiger partial charge < -0.3 is 10.2 Å². The maximum absolute atomic E-state index is 12.1. The lowest BCUT2D eigenvalue weighted by Crippen LogP contribution is -2.43. The van der Waals surface area contributed by atoms with E-state index in [2.05, 4.69) is 0 Å². The summed E-state index contributed by atoms with van der Waals surface area (Å²) in [6, 6.07) is 0. The van der Waals surface area contributed by atoms with Gasteiger partial charge in [0.25, 0.3) is 0 Å². The van der Waals surface area contributed by atoms with Gasteiger partial charge in [-0.15, -0.1) is 0 Å². The lowest BCUT2D eigenvalue weighted by molar-refractivity contribution is -0.257. The molecule has 0 amide bonds. The molecule has 0 radical (unpaired) electrons. The van der Waals surface area contributed by atoms with Crippen molar-refractivity contribution < 1.29 is 23.4 Å². The molecule has 0 saturated heterocycles. The maximum Gasteiger partial charge on any atom is 0.416 e. The Morgan fingerprint density at radius 2 is 1.31 bits per heavy atom. The molecule has 2 N–H and O–H groups in total. The van der Waals surface area contributed by atoms with Gasteiger partial charge in [0.2, 0.25) is 0 Å². The topological polar surface area (TPSA) is 40.5 Å². The zero-order chi connectivity index (χ0) is 10.9. The van der Waals surface area contributed by atoms with Crippen LogP contribution in [-0.4, -0.2) is 27.6 Å². The van der Waals surface area contributed by atoms with Crippen LogP contribution in [0.3, 0.4) is 0 Å². The molecular weight excluding hydrogens is 185 g/mol.